The molecule has 1 amide bonds. The highest BCUT2D eigenvalue weighted by Crippen LogP contribution is 2.41. The number of hydrogen-bond acceptors (Lipinski definition) is 4. The Bertz CT molecular complexity index is 858. The first-order valence-corrected chi connectivity index (χ1v) is 8.87. The van der Waals surface area contributed by atoms with Gasteiger partial charge in [-0.15, -0.1) is 0 Å². The quantitative estimate of drug-likeness (QED) is 0.610. The monoisotopic (exact) mass is 377 g/mol. The number of methoxy groups -OCH3 is 2. The second kappa shape index (κ2) is 8.59. The second-order valence-corrected chi connectivity index (χ2v) is 6.26. The zero-order chi connectivity index (χ0) is 20.0. The van der Waals surface area contributed by atoms with Crippen LogP contribution in [0.2, 0.25) is 0 Å². The first-order valence-electron chi connectivity index (χ1n) is 8.87. The molecular weight excluding hydrogens is 354 g/mol. The molecule has 0 bridgehead atoms. The average Bonchev–Trinajstić information content (AvgIpc) is 2.75. The zero-order valence-corrected chi connectivity index (χ0v) is 15.9. The van der Waals surface area contributed by atoms with Crippen LogP contribution in [0.25, 0.3) is 0 Å². The van der Waals surface area contributed by atoms with Gasteiger partial charge in [-0.05, 0) is 41.0 Å². The maximum Gasteiger partial charge on any atom is 0.243 e. The number of amides is 1. The van der Waals surface area contributed by atoms with E-state index in [0.29, 0.717) is 0 Å². The Labute approximate surface area is 164 Å². The Morgan fingerprint density at radius 1 is 0.750 bits per heavy atom. The smallest absolute Gasteiger partial charge is 0.243 e. The summed E-state index contributed by atoms with van der Waals surface area (Å²) in [6.45, 7) is -0.229. The van der Waals surface area contributed by atoms with Crippen molar-refractivity contribution in [3.8, 4) is 11.5 Å². The van der Waals surface area contributed by atoms with Crippen LogP contribution in [0.4, 0.5) is 0 Å². The Hall–Kier alpha value is -3.31. The number of rotatable bonds is 8. The summed E-state index contributed by atoms with van der Waals surface area (Å²) in [5.41, 5.74) is 6.99. The lowest BCUT2D eigenvalue weighted by Crippen LogP contribution is -2.36. The van der Waals surface area contributed by atoms with Crippen LogP contribution in [0.5, 0.6) is 11.5 Å². The van der Waals surface area contributed by atoms with E-state index in [1.165, 1.54) is 0 Å². The summed E-state index contributed by atoms with van der Waals surface area (Å²) >= 11 is 0. The van der Waals surface area contributed by atoms with Crippen molar-refractivity contribution in [1.29, 1.82) is 0 Å². The molecule has 3 rings (SSSR count). The highest BCUT2D eigenvalue weighted by atomic mass is 16.5. The van der Waals surface area contributed by atoms with Crippen molar-refractivity contribution < 1.29 is 19.0 Å². The molecule has 0 heterocycles. The number of benzene rings is 3. The van der Waals surface area contributed by atoms with Gasteiger partial charge in [0.25, 0.3) is 0 Å². The lowest BCUT2D eigenvalue weighted by molar-refractivity contribution is -0.126. The molecule has 0 saturated carbocycles. The number of nitrogens with two attached hydrogens (primary N) is 1. The first kappa shape index (κ1) is 19.5. The van der Waals surface area contributed by atoms with Gasteiger partial charge < -0.3 is 19.9 Å². The molecule has 28 heavy (non-hydrogen) atoms. The summed E-state index contributed by atoms with van der Waals surface area (Å²) in [5, 5.41) is 0. The van der Waals surface area contributed by atoms with E-state index in [2.05, 4.69) is 0 Å². The summed E-state index contributed by atoms with van der Waals surface area (Å²) in [6, 6.07) is 24.9. The fraction of sp³-hybridized carbons (Fsp3) is 0.174. The van der Waals surface area contributed by atoms with Gasteiger partial charge in [0, 0.05) is 0 Å². The molecule has 3 aromatic rings. The van der Waals surface area contributed by atoms with Crippen molar-refractivity contribution in [2.24, 2.45) is 5.73 Å². The summed E-state index contributed by atoms with van der Waals surface area (Å²) in [6.07, 6.45) is 0. The van der Waals surface area contributed by atoms with E-state index in [4.69, 9.17) is 19.9 Å². The van der Waals surface area contributed by atoms with Crippen LogP contribution in [0.15, 0.2) is 78.9 Å². The molecule has 0 aromatic heterocycles. The summed E-state index contributed by atoms with van der Waals surface area (Å²) in [4.78, 5) is 11.6. The van der Waals surface area contributed by atoms with E-state index >= 15 is 0 Å². The van der Waals surface area contributed by atoms with E-state index < -0.39 is 11.5 Å². The van der Waals surface area contributed by atoms with Gasteiger partial charge >= 0.3 is 0 Å². The van der Waals surface area contributed by atoms with Gasteiger partial charge in [-0.2, -0.15) is 0 Å². The van der Waals surface area contributed by atoms with Gasteiger partial charge in [0.1, 0.15) is 23.7 Å². The maximum atomic E-state index is 11.6. The van der Waals surface area contributed by atoms with E-state index in [0.717, 1.165) is 28.2 Å². The van der Waals surface area contributed by atoms with Gasteiger partial charge in [-0.1, -0.05) is 54.6 Å². The molecule has 144 valence electrons. The minimum atomic E-state index is -1.02. The van der Waals surface area contributed by atoms with Crippen LogP contribution in [0.3, 0.4) is 0 Å². The summed E-state index contributed by atoms with van der Waals surface area (Å²) < 4.78 is 16.8. The van der Waals surface area contributed by atoms with Crippen molar-refractivity contribution in [1.82, 2.24) is 0 Å². The van der Waals surface area contributed by atoms with Gasteiger partial charge in [0.05, 0.1) is 14.2 Å². The summed E-state index contributed by atoms with van der Waals surface area (Å²) in [7, 11) is 3.24. The number of carbonyl (C=O) groups excluding carboxylic acids is 1. The van der Waals surface area contributed by atoms with Gasteiger partial charge in [-0.25, -0.2) is 0 Å². The number of ether oxygens (including phenoxy) is 3. The van der Waals surface area contributed by atoms with E-state index in [9.17, 15) is 4.79 Å². The molecule has 0 aliphatic carbocycles. The lowest BCUT2D eigenvalue weighted by Gasteiger charge is -2.35. The summed E-state index contributed by atoms with van der Waals surface area (Å²) in [5.74, 6) is 0.924. The van der Waals surface area contributed by atoms with Crippen LogP contribution in [0, 0.1) is 0 Å². The van der Waals surface area contributed by atoms with E-state index in [1.807, 2.05) is 78.9 Å². The van der Waals surface area contributed by atoms with Crippen molar-refractivity contribution in [3.63, 3.8) is 0 Å². The molecule has 3 aromatic carbocycles. The Morgan fingerprint density at radius 2 is 1.18 bits per heavy atom. The zero-order valence-electron chi connectivity index (χ0n) is 15.9. The van der Waals surface area contributed by atoms with Crippen LogP contribution in [-0.2, 0) is 15.1 Å². The van der Waals surface area contributed by atoms with Gasteiger partial charge in [0.15, 0.2) is 0 Å². The normalized spacial score (nSPS) is 11.1. The number of hydrogen-bond donors (Lipinski definition) is 1. The second-order valence-electron chi connectivity index (χ2n) is 6.26. The Kier molecular flexibility index (Phi) is 5.96. The lowest BCUT2D eigenvalue weighted by atomic mass is 9.80. The van der Waals surface area contributed by atoms with Gasteiger partial charge in [0.2, 0.25) is 5.91 Å². The average molecular weight is 377 g/mol. The van der Waals surface area contributed by atoms with Crippen molar-refractivity contribution >= 4 is 5.91 Å². The van der Waals surface area contributed by atoms with Crippen LogP contribution in [-0.4, -0.2) is 26.7 Å². The molecule has 5 nitrogen and oxygen atoms in total. The Morgan fingerprint density at radius 3 is 1.57 bits per heavy atom. The topological polar surface area (TPSA) is 70.8 Å². The standard InChI is InChI=1S/C23H23NO4/c1-26-20-12-8-18(9-13-20)23(28-16-22(24)25,17-6-4-3-5-7-17)19-10-14-21(27-2)15-11-19/h3-15H,16H2,1-2H3,(H2,24,25). The van der Waals surface area contributed by atoms with E-state index in [-0.39, 0.29) is 6.61 Å². The third kappa shape index (κ3) is 3.85. The predicted molar refractivity (Wildman–Crippen MR) is 107 cm³/mol. The molecule has 0 unspecified atom stereocenters. The van der Waals surface area contributed by atoms with Gasteiger partial charge in [-0.3, -0.25) is 4.79 Å². The van der Waals surface area contributed by atoms with Crippen LogP contribution in [0.1, 0.15) is 16.7 Å². The van der Waals surface area contributed by atoms with Crippen molar-refractivity contribution in [2.45, 2.75) is 5.60 Å². The largest absolute Gasteiger partial charge is 0.497 e. The highest BCUT2D eigenvalue weighted by molar-refractivity contribution is 5.75. The SMILES string of the molecule is COc1ccc(C(OCC(N)=O)(c2ccccc2)c2ccc(OC)cc2)cc1. The maximum absolute atomic E-state index is 11.6. The fourth-order valence-corrected chi connectivity index (χ4v) is 3.25. The third-order valence-corrected chi connectivity index (χ3v) is 4.60. The van der Waals surface area contributed by atoms with Crippen LogP contribution >= 0.6 is 0 Å². The highest BCUT2D eigenvalue weighted by Gasteiger charge is 2.38. The molecule has 0 aliphatic heterocycles. The molecule has 0 saturated heterocycles. The number of carbonyl (C=O) groups is 1. The first-order chi connectivity index (χ1) is 13.6. The molecule has 0 radical (unpaired) electrons. The number of primary amides is 1. The Balaban J connectivity index is 2.24. The minimum Gasteiger partial charge on any atom is -0.497 e. The molecule has 0 spiro atoms. The third-order valence-electron chi connectivity index (χ3n) is 4.60. The molecule has 2 N–H and O–H groups in total. The molecule has 0 atom stereocenters. The molecule has 5 heteroatoms. The molecular formula is C23H23NO4. The fourth-order valence-electron chi connectivity index (χ4n) is 3.25. The molecule has 0 aliphatic rings. The van der Waals surface area contributed by atoms with Crippen LogP contribution < -0.4 is 15.2 Å². The molecule has 0 fully saturated rings. The van der Waals surface area contributed by atoms with Crippen molar-refractivity contribution in [3.05, 3.63) is 95.6 Å². The predicted octanol–water partition coefficient (Wildman–Crippen LogP) is 3.50. The van der Waals surface area contributed by atoms with Crippen molar-refractivity contribution in [2.75, 3.05) is 20.8 Å². The van der Waals surface area contributed by atoms with E-state index in [1.54, 1.807) is 14.2 Å². The minimum absolute atomic E-state index is 0.229.